The minimum absolute atomic E-state index is 0.477. The van der Waals surface area contributed by atoms with Gasteiger partial charge in [0.1, 0.15) is 0 Å². The van der Waals surface area contributed by atoms with Crippen LogP contribution in [-0.2, 0) is 0 Å². The predicted molar refractivity (Wildman–Crippen MR) is 69.5 cm³/mol. The van der Waals surface area contributed by atoms with Gasteiger partial charge >= 0.3 is 0 Å². The minimum atomic E-state index is 0.477. The molecule has 16 heavy (non-hydrogen) atoms. The van der Waals surface area contributed by atoms with E-state index in [1.54, 1.807) is 0 Å². The fourth-order valence-corrected chi connectivity index (χ4v) is 3.71. The summed E-state index contributed by atoms with van der Waals surface area (Å²) in [4.78, 5) is 2.75. The molecule has 1 heterocycles. The number of likely N-dealkylation sites (tertiary alicyclic amines) is 1. The van der Waals surface area contributed by atoms with Gasteiger partial charge in [-0.1, -0.05) is 26.2 Å². The van der Waals surface area contributed by atoms with Crippen molar-refractivity contribution in [1.29, 1.82) is 0 Å². The summed E-state index contributed by atoms with van der Waals surface area (Å²) in [6, 6.07) is 0.845. The van der Waals surface area contributed by atoms with E-state index in [1.165, 1.54) is 64.5 Å². The minimum Gasteiger partial charge on any atom is -0.330 e. The molecule has 0 amide bonds. The van der Waals surface area contributed by atoms with Crippen molar-refractivity contribution in [2.45, 2.75) is 64.3 Å². The van der Waals surface area contributed by atoms with Crippen LogP contribution in [0.3, 0.4) is 0 Å². The van der Waals surface area contributed by atoms with E-state index in [0.717, 1.165) is 12.6 Å². The first-order chi connectivity index (χ1) is 7.79. The van der Waals surface area contributed by atoms with Crippen molar-refractivity contribution in [2.75, 3.05) is 19.6 Å². The highest BCUT2D eigenvalue weighted by Crippen LogP contribution is 2.39. The van der Waals surface area contributed by atoms with Gasteiger partial charge in [0.05, 0.1) is 0 Å². The van der Waals surface area contributed by atoms with E-state index >= 15 is 0 Å². The third-order valence-electron chi connectivity index (χ3n) is 4.86. The van der Waals surface area contributed by atoms with Crippen molar-refractivity contribution >= 4 is 0 Å². The Balaban J connectivity index is 1.95. The molecule has 2 N–H and O–H groups in total. The lowest BCUT2D eigenvalue weighted by molar-refractivity contribution is 0.0834. The third-order valence-corrected chi connectivity index (χ3v) is 4.86. The molecule has 2 nitrogen and oxygen atoms in total. The number of hydrogen-bond donors (Lipinski definition) is 1. The molecule has 1 aliphatic heterocycles. The van der Waals surface area contributed by atoms with Crippen molar-refractivity contribution in [3.8, 4) is 0 Å². The second kappa shape index (κ2) is 5.50. The monoisotopic (exact) mass is 224 g/mol. The highest BCUT2D eigenvalue weighted by atomic mass is 15.2. The fourth-order valence-electron chi connectivity index (χ4n) is 3.71. The van der Waals surface area contributed by atoms with Gasteiger partial charge in [-0.25, -0.2) is 0 Å². The van der Waals surface area contributed by atoms with Gasteiger partial charge in [0, 0.05) is 12.6 Å². The van der Waals surface area contributed by atoms with Crippen molar-refractivity contribution in [3.63, 3.8) is 0 Å². The molecular weight excluding hydrogens is 196 g/mol. The smallest absolute Gasteiger partial charge is 0.00928 e. The van der Waals surface area contributed by atoms with E-state index in [-0.39, 0.29) is 0 Å². The molecule has 0 aromatic rings. The molecule has 0 spiro atoms. The summed E-state index contributed by atoms with van der Waals surface area (Å²) < 4.78 is 0. The van der Waals surface area contributed by atoms with Crippen LogP contribution in [0.1, 0.15) is 58.3 Å². The second-order valence-electron chi connectivity index (χ2n) is 5.94. The number of hydrogen-bond acceptors (Lipinski definition) is 2. The number of piperidine rings is 1. The molecule has 0 aromatic carbocycles. The van der Waals surface area contributed by atoms with Gasteiger partial charge in [-0.15, -0.1) is 0 Å². The van der Waals surface area contributed by atoms with E-state index in [1.807, 2.05) is 0 Å². The average molecular weight is 224 g/mol. The first-order valence-electron chi connectivity index (χ1n) is 7.24. The normalized spacial score (nSPS) is 30.8. The van der Waals surface area contributed by atoms with Crippen LogP contribution < -0.4 is 5.73 Å². The van der Waals surface area contributed by atoms with Crippen LogP contribution in [0.4, 0.5) is 0 Å². The molecule has 1 atom stereocenters. The molecule has 2 rings (SSSR count). The van der Waals surface area contributed by atoms with E-state index in [2.05, 4.69) is 11.8 Å². The molecule has 2 heteroatoms. The van der Waals surface area contributed by atoms with Crippen LogP contribution in [0.2, 0.25) is 0 Å². The second-order valence-corrected chi connectivity index (χ2v) is 5.94. The van der Waals surface area contributed by atoms with Gasteiger partial charge in [0.25, 0.3) is 0 Å². The molecule has 2 fully saturated rings. The van der Waals surface area contributed by atoms with Crippen molar-refractivity contribution < 1.29 is 0 Å². The SMILES string of the molecule is CCC1CCCCN1CC1(CN)CCCC1. The average Bonchev–Trinajstić information content (AvgIpc) is 2.79. The standard InChI is InChI=1S/C14H28N2/c1-2-13-7-3-6-10-16(13)12-14(11-15)8-4-5-9-14/h13H,2-12,15H2,1H3. The first-order valence-corrected chi connectivity index (χ1v) is 7.24. The molecule has 2 aliphatic rings. The summed E-state index contributed by atoms with van der Waals surface area (Å²) in [5.41, 5.74) is 6.52. The van der Waals surface area contributed by atoms with Crippen molar-refractivity contribution in [3.05, 3.63) is 0 Å². The highest BCUT2D eigenvalue weighted by Gasteiger charge is 2.36. The van der Waals surface area contributed by atoms with Crippen LogP contribution in [-0.4, -0.2) is 30.6 Å². The Bertz CT molecular complexity index is 209. The van der Waals surface area contributed by atoms with E-state index in [9.17, 15) is 0 Å². The first kappa shape index (κ1) is 12.4. The lowest BCUT2D eigenvalue weighted by Crippen LogP contribution is -2.47. The Kier molecular flexibility index (Phi) is 4.26. The molecule has 94 valence electrons. The maximum absolute atomic E-state index is 6.05. The third kappa shape index (κ3) is 2.60. The van der Waals surface area contributed by atoms with Crippen LogP contribution in [0.5, 0.6) is 0 Å². The molecule has 0 radical (unpaired) electrons. The zero-order chi connectivity index (χ0) is 11.4. The fraction of sp³-hybridized carbons (Fsp3) is 1.00. The maximum atomic E-state index is 6.05. The lowest BCUT2D eigenvalue weighted by atomic mass is 9.84. The highest BCUT2D eigenvalue weighted by molar-refractivity contribution is 4.90. The summed E-state index contributed by atoms with van der Waals surface area (Å²) in [6.45, 7) is 5.84. The number of nitrogens with two attached hydrogens (primary N) is 1. The molecule has 1 saturated heterocycles. The van der Waals surface area contributed by atoms with Crippen molar-refractivity contribution in [2.24, 2.45) is 11.1 Å². The molecule has 1 saturated carbocycles. The van der Waals surface area contributed by atoms with E-state index in [4.69, 9.17) is 5.73 Å². The summed E-state index contributed by atoms with van der Waals surface area (Å²) in [7, 11) is 0. The van der Waals surface area contributed by atoms with E-state index < -0.39 is 0 Å². The summed E-state index contributed by atoms with van der Waals surface area (Å²) in [6.07, 6.45) is 11.1. The zero-order valence-electron chi connectivity index (χ0n) is 10.9. The molecule has 1 unspecified atom stereocenters. The summed E-state index contributed by atoms with van der Waals surface area (Å²) in [5.74, 6) is 0. The Morgan fingerprint density at radius 2 is 1.94 bits per heavy atom. The quantitative estimate of drug-likeness (QED) is 0.795. The Hall–Kier alpha value is -0.0800. The lowest BCUT2D eigenvalue weighted by Gasteiger charge is -2.41. The van der Waals surface area contributed by atoms with Crippen LogP contribution >= 0.6 is 0 Å². The summed E-state index contributed by atoms with van der Waals surface area (Å²) in [5, 5.41) is 0. The Morgan fingerprint density at radius 3 is 2.56 bits per heavy atom. The van der Waals surface area contributed by atoms with Gasteiger partial charge < -0.3 is 5.73 Å². The number of rotatable bonds is 4. The van der Waals surface area contributed by atoms with Crippen LogP contribution in [0.25, 0.3) is 0 Å². The van der Waals surface area contributed by atoms with Gasteiger partial charge in [-0.3, -0.25) is 4.90 Å². The summed E-state index contributed by atoms with van der Waals surface area (Å²) >= 11 is 0. The molecule has 1 aliphatic carbocycles. The van der Waals surface area contributed by atoms with Gasteiger partial charge in [-0.2, -0.15) is 0 Å². The van der Waals surface area contributed by atoms with Crippen LogP contribution in [0.15, 0.2) is 0 Å². The molecule has 0 aromatic heterocycles. The Labute approximate surface area is 101 Å². The topological polar surface area (TPSA) is 29.3 Å². The van der Waals surface area contributed by atoms with Crippen molar-refractivity contribution in [1.82, 2.24) is 4.90 Å². The number of nitrogens with zero attached hydrogens (tertiary/aromatic N) is 1. The van der Waals surface area contributed by atoms with Gasteiger partial charge in [0.2, 0.25) is 0 Å². The van der Waals surface area contributed by atoms with Gasteiger partial charge in [0.15, 0.2) is 0 Å². The largest absolute Gasteiger partial charge is 0.330 e. The molecule has 0 bridgehead atoms. The van der Waals surface area contributed by atoms with Gasteiger partial charge in [-0.05, 0) is 50.6 Å². The zero-order valence-corrected chi connectivity index (χ0v) is 10.9. The molecular formula is C14H28N2. The van der Waals surface area contributed by atoms with Crippen LogP contribution in [0, 0.1) is 5.41 Å². The predicted octanol–water partition coefficient (Wildman–Crippen LogP) is 2.77. The van der Waals surface area contributed by atoms with E-state index in [0.29, 0.717) is 5.41 Å². The Morgan fingerprint density at radius 1 is 1.19 bits per heavy atom. The maximum Gasteiger partial charge on any atom is 0.00928 e.